The van der Waals surface area contributed by atoms with E-state index in [-0.39, 0.29) is 11.9 Å². The Kier molecular flexibility index (Phi) is 5.53. The third-order valence-electron chi connectivity index (χ3n) is 3.87. The van der Waals surface area contributed by atoms with Gasteiger partial charge >= 0.3 is 0 Å². The molecular formula is C18H21N3OS. The molecule has 4 nitrogen and oxygen atoms in total. The van der Waals surface area contributed by atoms with Crippen LogP contribution in [0.4, 0.5) is 5.82 Å². The summed E-state index contributed by atoms with van der Waals surface area (Å²) in [6, 6.07) is 16.4. The largest absolute Gasteiger partial charge is 0.354 e. The highest BCUT2D eigenvalue weighted by molar-refractivity contribution is 7.99. The van der Waals surface area contributed by atoms with E-state index in [4.69, 9.17) is 0 Å². The van der Waals surface area contributed by atoms with Crippen molar-refractivity contribution in [2.24, 2.45) is 0 Å². The predicted molar refractivity (Wildman–Crippen MR) is 94.8 cm³/mol. The van der Waals surface area contributed by atoms with Gasteiger partial charge in [0.2, 0.25) is 5.91 Å². The Morgan fingerprint density at radius 3 is 2.83 bits per heavy atom. The van der Waals surface area contributed by atoms with Gasteiger partial charge < -0.3 is 10.2 Å². The Morgan fingerprint density at radius 1 is 1.22 bits per heavy atom. The number of hydrogen-bond donors (Lipinski definition) is 1. The molecule has 2 aromatic rings. The molecule has 0 radical (unpaired) electrons. The van der Waals surface area contributed by atoms with E-state index >= 15 is 0 Å². The topological polar surface area (TPSA) is 45.2 Å². The van der Waals surface area contributed by atoms with Crippen LogP contribution in [0.5, 0.6) is 0 Å². The maximum atomic E-state index is 12.1. The zero-order chi connectivity index (χ0) is 15.9. The number of nitrogens with zero attached hydrogens (tertiary/aromatic N) is 2. The van der Waals surface area contributed by atoms with Gasteiger partial charge in [-0.05, 0) is 30.7 Å². The molecule has 0 bridgehead atoms. The monoisotopic (exact) mass is 327 g/mol. The summed E-state index contributed by atoms with van der Waals surface area (Å²) >= 11 is 1.72. The molecule has 1 aliphatic rings. The van der Waals surface area contributed by atoms with E-state index in [0.717, 1.165) is 31.1 Å². The van der Waals surface area contributed by atoms with Gasteiger partial charge in [0.05, 0.1) is 0 Å². The molecule has 1 aromatic heterocycles. The predicted octanol–water partition coefficient (Wildman–Crippen LogP) is 2.96. The molecule has 120 valence electrons. The first kappa shape index (κ1) is 15.9. The lowest BCUT2D eigenvalue weighted by Crippen LogP contribution is -2.37. The molecule has 1 atom stereocenters. The SMILES string of the molecule is O=C(CCSc1ccccc1)N[C@@H]1CCN(c2ccccn2)C1. The Morgan fingerprint density at radius 2 is 2.04 bits per heavy atom. The molecule has 1 aliphatic heterocycles. The molecular weight excluding hydrogens is 306 g/mol. The van der Waals surface area contributed by atoms with Gasteiger partial charge in [0.15, 0.2) is 0 Å². The van der Waals surface area contributed by atoms with Gasteiger partial charge in [-0.3, -0.25) is 4.79 Å². The molecule has 5 heteroatoms. The Labute approximate surface area is 141 Å². The number of hydrogen-bond acceptors (Lipinski definition) is 4. The summed E-state index contributed by atoms with van der Waals surface area (Å²) in [5, 5.41) is 3.14. The molecule has 1 saturated heterocycles. The van der Waals surface area contributed by atoms with Crippen molar-refractivity contribution in [1.82, 2.24) is 10.3 Å². The minimum absolute atomic E-state index is 0.140. The van der Waals surface area contributed by atoms with Gasteiger partial charge in [-0.15, -0.1) is 11.8 Å². The maximum Gasteiger partial charge on any atom is 0.221 e. The van der Waals surface area contributed by atoms with Gasteiger partial charge in [-0.1, -0.05) is 24.3 Å². The molecule has 1 fully saturated rings. The Bertz CT molecular complexity index is 621. The van der Waals surface area contributed by atoms with Crippen LogP contribution >= 0.6 is 11.8 Å². The van der Waals surface area contributed by atoms with E-state index in [1.54, 1.807) is 11.8 Å². The average molecular weight is 327 g/mol. The molecule has 2 heterocycles. The van der Waals surface area contributed by atoms with Crippen molar-refractivity contribution in [3.63, 3.8) is 0 Å². The third-order valence-corrected chi connectivity index (χ3v) is 4.88. The number of carbonyl (C=O) groups is 1. The van der Waals surface area contributed by atoms with Crippen molar-refractivity contribution in [3.8, 4) is 0 Å². The first-order valence-corrected chi connectivity index (χ1v) is 8.93. The van der Waals surface area contributed by atoms with Crippen molar-refractivity contribution in [3.05, 3.63) is 54.7 Å². The van der Waals surface area contributed by atoms with E-state index < -0.39 is 0 Å². The van der Waals surface area contributed by atoms with Crippen molar-refractivity contribution >= 4 is 23.5 Å². The minimum Gasteiger partial charge on any atom is -0.354 e. The molecule has 0 spiro atoms. The second-order valence-corrected chi connectivity index (χ2v) is 6.77. The highest BCUT2D eigenvalue weighted by atomic mass is 32.2. The lowest BCUT2D eigenvalue weighted by molar-refractivity contribution is -0.121. The molecule has 1 amide bonds. The smallest absolute Gasteiger partial charge is 0.221 e. The molecule has 0 saturated carbocycles. The molecule has 1 N–H and O–H groups in total. The number of rotatable bonds is 6. The lowest BCUT2D eigenvalue weighted by atomic mass is 10.2. The van der Waals surface area contributed by atoms with Crippen LogP contribution in [0.2, 0.25) is 0 Å². The summed E-state index contributed by atoms with van der Waals surface area (Å²) in [6.07, 6.45) is 3.34. The highest BCUT2D eigenvalue weighted by Crippen LogP contribution is 2.19. The quantitative estimate of drug-likeness (QED) is 0.829. The maximum absolute atomic E-state index is 12.1. The molecule has 0 unspecified atom stereocenters. The fourth-order valence-electron chi connectivity index (χ4n) is 2.71. The van der Waals surface area contributed by atoms with Crippen LogP contribution in [-0.4, -0.2) is 35.8 Å². The Hall–Kier alpha value is -2.01. The zero-order valence-electron chi connectivity index (χ0n) is 13.0. The van der Waals surface area contributed by atoms with Gasteiger partial charge in [-0.2, -0.15) is 0 Å². The number of carbonyl (C=O) groups excluding carboxylic acids is 1. The number of amides is 1. The van der Waals surface area contributed by atoms with Gasteiger partial charge in [0.25, 0.3) is 0 Å². The number of pyridine rings is 1. The van der Waals surface area contributed by atoms with Crippen LogP contribution in [0.3, 0.4) is 0 Å². The summed E-state index contributed by atoms with van der Waals surface area (Å²) in [4.78, 5) is 19.9. The first-order valence-electron chi connectivity index (χ1n) is 7.94. The number of thioether (sulfide) groups is 1. The third kappa shape index (κ3) is 4.73. The molecule has 1 aromatic carbocycles. The molecule has 23 heavy (non-hydrogen) atoms. The summed E-state index contributed by atoms with van der Waals surface area (Å²) in [5.41, 5.74) is 0. The second kappa shape index (κ2) is 8.02. The van der Waals surface area contributed by atoms with E-state index in [1.165, 1.54) is 4.90 Å². The van der Waals surface area contributed by atoms with E-state index in [1.807, 2.05) is 42.6 Å². The van der Waals surface area contributed by atoms with Gasteiger partial charge in [0.1, 0.15) is 5.82 Å². The van der Waals surface area contributed by atoms with E-state index in [2.05, 4.69) is 27.3 Å². The highest BCUT2D eigenvalue weighted by Gasteiger charge is 2.24. The van der Waals surface area contributed by atoms with Crippen molar-refractivity contribution in [1.29, 1.82) is 0 Å². The summed E-state index contributed by atoms with van der Waals surface area (Å²) in [7, 11) is 0. The van der Waals surface area contributed by atoms with Crippen molar-refractivity contribution in [2.45, 2.75) is 23.8 Å². The fourth-order valence-corrected chi connectivity index (χ4v) is 3.58. The normalized spacial score (nSPS) is 17.2. The number of nitrogens with one attached hydrogen (secondary N) is 1. The minimum atomic E-state index is 0.140. The van der Waals surface area contributed by atoms with Crippen molar-refractivity contribution < 1.29 is 4.79 Å². The number of benzene rings is 1. The standard InChI is InChI=1S/C18H21N3OS/c22-18(10-13-23-16-6-2-1-3-7-16)20-15-9-12-21(14-15)17-8-4-5-11-19-17/h1-8,11,15H,9-10,12-14H2,(H,20,22)/t15-/m1/s1. The number of anilines is 1. The van der Waals surface area contributed by atoms with Crippen LogP contribution in [-0.2, 0) is 4.79 Å². The zero-order valence-corrected chi connectivity index (χ0v) is 13.8. The lowest BCUT2D eigenvalue weighted by Gasteiger charge is -2.17. The molecule has 3 rings (SSSR count). The van der Waals surface area contributed by atoms with Crippen LogP contribution in [0, 0.1) is 0 Å². The second-order valence-electron chi connectivity index (χ2n) is 5.60. The Balaban J connectivity index is 1.39. The summed E-state index contributed by atoms with van der Waals surface area (Å²) in [6.45, 7) is 1.79. The number of aromatic nitrogens is 1. The average Bonchev–Trinajstić information content (AvgIpc) is 3.05. The fraction of sp³-hybridized carbons (Fsp3) is 0.333. The van der Waals surface area contributed by atoms with Crippen LogP contribution < -0.4 is 10.2 Å². The first-order chi connectivity index (χ1) is 11.3. The molecule has 0 aliphatic carbocycles. The van der Waals surface area contributed by atoms with Gasteiger partial charge in [0, 0.05) is 42.4 Å². The van der Waals surface area contributed by atoms with Crippen LogP contribution in [0.1, 0.15) is 12.8 Å². The van der Waals surface area contributed by atoms with Crippen LogP contribution in [0.15, 0.2) is 59.6 Å². The van der Waals surface area contributed by atoms with Crippen LogP contribution in [0.25, 0.3) is 0 Å². The summed E-state index contributed by atoms with van der Waals surface area (Å²) in [5.74, 6) is 1.94. The van der Waals surface area contributed by atoms with Gasteiger partial charge in [-0.25, -0.2) is 4.98 Å². The summed E-state index contributed by atoms with van der Waals surface area (Å²) < 4.78 is 0. The van der Waals surface area contributed by atoms with Crippen molar-refractivity contribution in [2.75, 3.05) is 23.7 Å². The van der Waals surface area contributed by atoms with E-state index in [9.17, 15) is 4.79 Å². The van der Waals surface area contributed by atoms with E-state index in [0.29, 0.717) is 6.42 Å².